The van der Waals surface area contributed by atoms with Gasteiger partial charge in [0.25, 0.3) is 0 Å². The number of benzene rings is 1. The Labute approximate surface area is 109 Å². The second kappa shape index (κ2) is 6.39. The third-order valence-corrected chi connectivity index (χ3v) is 4.22. The van der Waals surface area contributed by atoms with Crippen molar-refractivity contribution in [3.05, 3.63) is 34.9 Å². The number of quaternary nitrogens is 2. The molecule has 1 aromatic rings. The lowest BCUT2D eigenvalue weighted by Crippen LogP contribution is -3.16. The minimum absolute atomic E-state index is 0.850. The number of likely N-dealkylation sites (N-methyl/N-ethyl adjacent to an activating group) is 1. The maximum atomic E-state index is 6.15. The summed E-state index contributed by atoms with van der Waals surface area (Å²) in [6.45, 7) is 7.16. The number of nitrogens with two attached hydrogens (primary N) is 1. The van der Waals surface area contributed by atoms with Gasteiger partial charge in [0.1, 0.15) is 19.1 Å². The molecule has 3 heteroatoms. The molecule has 94 valence electrons. The fraction of sp³-hybridized carbons (Fsp3) is 0.571. The van der Waals surface area contributed by atoms with Crippen molar-refractivity contribution in [2.45, 2.75) is 32.4 Å². The second-order valence-electron chi connectivity index (χ2n) is 4.92. The first-order valence-electron chi connectivity index (χ1n) is 6.71. The Bertz CT molecular complexity index is 354. The number of rotatable bonds is 5. The van der Waals surface area contributed by atoms with E-state index in [2.05, 4.69) is 24.4 Å². The van der Waals surface area contributed by atoms with Crippen molar-refractivity contribution in [2.24, 2.45) is 0 Å². The van der Waals surface area contributed by atoms with Crippen LogP contribution in [0.15, 0.2) is 24.3 Å². The van der Waals surface area contributed by atoms with Gasteiger partial charge >= 0.3 is 0 Å². The summed E-state index contributed by atoms with van der Waals surface area (Å²) >= 11 is 6.15. The third-order valence-electron chi connectivity index (χ3n) is 3.86. The predicted molar refractivity (Wildman–Crippen MR) is 71.3 cm³/mol. The van der Waals surface area contributed by atoms with E-state index < -0.39 is 0 Å². The monoisotopic (exact) mass is 254 g/mol. The highest BCUT2D eigenvalue weighted by molar-refractivity contribution is 6.31. The molecule has 3 N–H and O–H groups in total. The minimum atomic E-state index is 0.850. The maximum Gasteiger partial charge on any atom is 0.137 e. The Morgan fingerprint density at radius 3 is 3.00 bits per heavy atom. The molecular formula is C14H23ClN2+2. The topological polar surface area (TPSA) is 21.1 Å². The van der Waals surface area contributed by atoms with Gasteiger partial charge in [-0.05, 0) is 13.0 Å². The van der Waals surface area contributed by atoms with E-state index in [1.165, 1.54) is 38.0 Å². The number of halogens is 1. The van der Waals surface area contributed by atoms with Gasteiger partial charge < -0.3 is 10.2 Å². The molecular weight excluding hydrogens is 232 g/mol. The van der Waals surface area contributed by atoms with E-state index in [0.717, 1.165) is 17.6 Å². The Kier molecular flexibility index (Phi) is 4.84. The normalized spacial score (nSPS) is 24.1. The van der Waals surface area contributed by atoms with Crippen LogP contribution in [0.1, 0.15) is 25.3 Å². The summed E-state index contributed by atoms with van der Waals surface area (Å²) in [5.41, 5.74) is 1.25. The third kappa shape index (κ3) is 3.44. The first kappa shape index (κ1) is 12.9. The summed E-state index contributed by atoms with van der Waals surface area (Å²) < 4.78 is 0. The van der Waals surface area contributed by atoms with Crippen LogP contribution in [-0.2, 0) is 6.54 Å². The van der Waals surface area contributed by atoms with Gasteiger partial charge in [0.05, 0.1) is 13.1 Å². The van der Waals surface area contributed by atoms with Crippen LogP contribution in [-0.4, -0.2) is 25.7 Å². The Morgan fingerprint density at radius 2 is 2.24 bits per heavy atom. The van der Waals surface area contributed by atoms with Crippen molar-refractivity contribution in [3.8, 4) is 0 Å². The molecule has 0 amide bonds. The van der Waals surface area contributed by atoms with Crippen LogP contribution in [0, 0.1) is 0 Å². The molecule has 1 saturated heterocycles. The lowest BCUT2D eigenvalue weighted by molar-refractivity contribution is -0.925. The van der Waals surface area contributed by atoms with Crippen molar-refractivity contribution >= 4 is 11.6 Å². The summed E-state index contributed by atoms with van der Waals surface area (Å²) in [5.74, 6) is 0. The van der Waals surface area contributed by atoms with E-state index in [1.807, 2.05) is 12.1 Å². The summed E-state index contributed by atoms with van der Waals surface area (Å²) in [4.78, 5) is 1.78. The van der Waals surface area contributed by atoms with Crippen LogP contribution < -0.4 is 10.2 Å². The molecule has 0 saturated carbocycles. The van der Waals surface area contributed by atoms with Gasteiger partial charge in [-0.3, -0.25) is 0 Å². The molecule has 1 heterocycles. The van der Waals surface area contributed by atoms with E-state index in [9.17, 15) is 0 Å². The molecule has 1 aliphatic rings. The van der Waals surface area contributed by atoms with Crippen LogP contribution in [0.5, 0.6) is 0 Å². The Balaban J connectivity index is 1.78. The summed E-state index contributed by atoms with van der Waals surface area (Å²) in [7, 11) is 0. The molecule has 2 nitrogen and oxygen atoms in total. The average Bonchev–Trinajstić information content (AvgIpc) is 2.79. The maximum absolute atomic E-state index is 6.15. The average molecular weight is 255 g/mol. The summed E-state index contributed by atoms with van der Waals surface area (Å²) in [5, 5.41) is 3.31. The zero-order valence-electron chi connectivity index (χ0n) is 10.6. The van der Waals surface area contributed by atoms with Gasteiger partial charge in [-0.1, -0.05) is 29.8 Å². The second-order valence-corrected chi connectivity index (χ2v) is 5.33. The standard InChI is InChI=1S/C14H21ClN2/c1-2-17-9-5-7-13(17)11-16-10-12-6-3-4-8-14(12)15/h3-4,6,8,13,16H,2,5,7,9-11H2,1H3/p+2/t13-/m0/s1. The molecule has 1 aromatic carbocycles. The van der Waals surface area contributed by atoms with E-state index in [1.54, 1.807) is 4.90 Å². The van der Waals surface area contributed by atoms with E-state index >= 15 is 0 Å². The molecule has 1 unspecified atom stereocenters. The molecule has 2 rings (SSSR count). The number of likely N-dealkylation sites (tertiary alicyclic amines) is 1. The lowest BCUT2D eigenvalue weighted by Gasteiger charge is -2.18. The highest BCUT2D eigenvalue weighted by Crippen LogP contribution is 2.12. The predicted octanol–water partition coefficient (Wildman–Crippen LogP) is 0.471. The molecule has 0 aliphatic carbocycles. The quantitative estimate of drug-likeness (QED) is 0.763. The SMILES string of the molecule is CC[NH+]1CCC[C@H]1C[NH2+]Cc1ccccc1Cl. The van der Waals surface area contributed by atoms with Crippen molar-refractivity contribution in [1.29, 1.82) is 0 Å². The molecule has 2 atom stereocenters. The van der Waals surface area contributed by atoms with E-state index in [0.29, 0.717) is 0 Å². The summed E-state index contributed by atoms with van der Waals surface area (Å²) in [6.07, 6.45) is 2.79. The van der Waals surface area contributed by atoms with Crippen molar-refractivity contribution in [3.63, 3.8) is 0 Å². The largest absolute Gasteiger partial charge is 0.338 e. The molecule has 1 aliphatic heterocycles. The van der Waals surface area contributed by atoms with Gasteiger partial charge in [0.2, 0.25) is 0 Å². The molecule has 0 bridgehead atoms. The number of hydrogen-bond donors (Lipinski definition) is 2. The molecule has 0 spiro atoms. The first-order valence-corrected chi connectivity index (χ1v) is 7.08. The van der Waals surface area contributed by atoms with Crippen LogP contribution in [0.4, 0.5) is 0 Å². The van der Waals surface area contributed by atoms with E-state index in [4.69, 9.17) is 11.6 Å². The summed E-state index contributed by atoms with van der Waals surface area (Å²) in [6, 6.07) is 9.00. The van der Waals surface area contributed by atoms with Crippen molar-refractivity contribution in [2.75, 3.05) is 19.6 Å². The zero-order chi connectivity index (χ0) is 12.1. The zero-order valence-corrected chi connectivity index (χ0v) is 11.3. The Hall–Kier alpha value is -0.570. The number of nitrogens with one attached hydrogen (secondary N) is 1. The van der Waals surface area contributed by atoms with Gasteiger partial charge in [-0.25, -0.2) is 0 Å². The molecule has 0 radical (unpaired) electrons. The van der Waals surface area contributed by atoms with Gasteiger partial charge in [0, 0.05) is 23.4 Å². The van der Waals surface area contributed by atoms with Crippen LogP contribution >= 0.6 is 11.6 Å². The van der Waals surface area contributed by atoms with Gasteiger partial charge in [0.15, 0.2) is 0 Å². The molecule has 0 aromatic heterocycles. The minimum Gasteiger partial charge on any atom is -0.338 e. The van der Waals surface area contributed by atoms with Crippen LogP contribution in [0.2, 0.25) is 5.02 Å². The smallest absolute Gasteiger partial charge is 0.137 e. The highest BCUT2D eigenvalue weighted by Gasteiger charge is 2.28. The number of hydrogen-bond acceptors (Lipinski definition) is 0. The molecule has 17 heavy (non-hydrogen) atoms. The van der Waals surface area contributed by atoms with Gasteiger partial charge in [-0.2, -0.15) is 0 Å². The van der Waals surface area contributed by atoms with Crippen LogP contribution in [0.3, 0.4) is 0 Å². The fourth-order valence-corrected chi connectivity index (χ4v) is 3.05. The van der Waals surface area contributed by atoms with Crippen molar-refractivity contribution < 1.29 is 10.2 Å². The lowest BCUT2D eigenvalue weighted by atomic mass is 10.2. The first-order chi connectivity index (χ1) is 8.31. The fourth-order valence-electron chi connectivity index (χ4n) is 2.84. The molecule has 1 fully saturated rings. The van der Waals surface area contributed by atoms with Crippen LogP contribution in [0.25, 0.3) is 0 Å². The van der Waals surface area contributed by atoms with Crippen molar-refractivity contribution in [1.82, 2.24) is 0 Å². The highest BCUT2D eigenvalue weighted by atomic mass is 35.5. The van der Waals surface area contributed by atoms with Gasteiger partial charge in [-0.15, -0.1) is 0 Å². The Morgan fingerprint density at radius 1 is 1.41 bits per heavy atom. The van der Waals surface area contributed by atoms with E-state index in [-0.39, 0.29) is 0 Å².